The van der Waals surface area contributed by atoms with Crippen LogP contribution in [0.25, 0.3) is 0 Å². The maximum atomic E-state index is 3.87. The van der Waals surface area contributed by atoms with E-state index in [0.717, 1.165) is 29.8 Å². The van der Waals surface area contributed by atoms with Crippen molar-refractivity contribution >= 4 is 0 Å². The number of hydrogen-bond acceptors (Lipinski definition) is 2. The topological polar surface area (TPSA) is 15.3 Å². The molecule has 4 atom stereocenters. The van der Waals surface area contributed by atoms with Crippen molar-refractivity contribution in [1.82, 2.24) is 10.2 Å². The molecular weight excluding hydrogens is 208 g/mol. The van der Waals surface area contributed by atoms with Gasteiger partial charge in [0.05, 0.1) is 0 Å². The van der Waals surface area contributed by atoms with E-state index in [9.17, 15) is 0 Å². The first-order chi connectivity index (χ1) is 8.01. The predicted octanol–water partition coefficient (Wildman–Crippen LogP) is 2.49. The highest BCUT2D eigenvalue weighted by Crippen LogP contribution is 2.45. The minimum Gasteiger partial charge on any atom is -0.308 e. The second kappa shape index (κ2) is 3.96. The van der Waals surface area contributed by atoms with Crippen LogP contribution in [0.15, 0.2) is 0 Å². The van der Waals surface area contributed by atoms with E-state index in [2.05, 4.69) is 37.9 Å². The highest BCUT2D eigenvalue weighted by atomic mass is 15.3. The Morgan fingerprint density at radius 3 is 2.41 bits per heavy atom. The van der Waals surface area contributed by atoms with Gasteiger partial charge in [0, 0.05) is 30.7 Å². The summed E-state index contributed by atoms with van der Waals surface area (Å²) in [7, 11) is 0. The zero-order valence-corrected chi connectivity index (χ0v) is 11.9. The van der Waals surface area contributed by atoms with Gasteiger partial charge in [-0.15, -0.1) is 0 Å². The highest BCUT2D eigenvalue weighted by Gasteiger charge is 2.51. The molecule has 3 fully saturated rings. The van der Waals surface area contributed by atoms with Gasteiger partial charge in [0.2, 0.25) is 0 Å². The van der Waals surface area contributed by atoms with Crippen molar-refractivity contribution in [3.05, 3.63) is 0 Å². The molecular formula is C15H28N2. The monoisotopic (exact) mass is 236 g/mol. The van der Waals surface area contributed by atoms with Crippen LogP contribution in [-0.2, 0) is 0 Å². The van der Waals surface area contributed by atoms with Crippen LogP contribution in [0.2, 0.25) is 0 Å². The van der Waals surface area contributed by atoms with Crippen molar-refractivity contribution in [2.75, 3.05) is 13.1 Å². The van der Waals surface area contributed by atoms with Gasteiger partial charge in [-0.25, -0.2) is 0 Å². The van der Waals surface area contributed by atoms with Gasteiger partial charge in [-0.1, -0.05) is 20.8 Å². The number of hydrogen-bond donors (Lipinski definition) is 1. The molecule has 3 rings (SSSR count). The summed E-state index contributed by atoms with van der Waals surface area (Å²) >= 11 is 0. The van der Waals surface area contributed by atoms with Gasteiger partial charge in [0.15, 0.2) is 0 Å². The molecule has 3 aliphatic rings. The minimum absolute atomic E-state index is 0.410. The molecule has 1 saturated heterocycles. The highest BCUT2D eigenvalue weighted by molar-refractivity contribution is 5.08. The molecule has 1 aliphatic heterocycles. The molecule has 1 N–H and O–H groups in total. The van der Waals surface area contributed by atoms with Crippen LogP contribution in [0.4, 0.5) is 0 Å². The van der Waals surface area contributed by atoms with Crippen LogP contribution in [0.1, 0.15) is 47.0 Å². The molecule has 0 radical (unpaired) electrons. The van der Waals surface area contributed by atoms with Crippen LogP contribution in [-0.4, -0.2) is 35.6 Å². The van der Waals surface area contributed by atoms with Crippen molar-refractivity contribution < 1.29 is 0 Å². The molecule has 17 heavy (non-hydrogen) atoms. The van der Waals surface area contributed by atoms with Crippen molar-refractivity contribution in [1.29, 1.82) is 0 Å². The van der Waals surface area contributed by atoms with Crippen LogP contribution in [0.5, 0.6) is 0 Å². The molecule has 0 aromatic carbocycles. The number of nitrogens with zero attached hydrogens (tertiary/aromatic N) is 1. The lowest BCUT2D eigenvalue weighted by atomic mass is 9.88. The van der Waals surface area contributed by atoms with Crippen molar-refractivity contribution in [3.8, 4) is 0 Å². The minimum atomic E-state index is 0.410. The van der Waals surface area contributed by atoms with E-state index >= 15 is 0 Å². The second-order valence-corrected chi connectivity index (χ2v) is 7.34. The maximum Gasteiger partial charge on any atom is 0.0309 e. The van der Waals surface area contributed by atoms with E-state index in [1.807, 2.05) is 0 Å². The molecule has 2 saturated carbocycles. The average Bonchev–Trinajstić information content (AvgIpc) is 3.11. The first-order valence-corrected chi connectivity index (χ1v) is 7.52. The Hall–Kier alpha value is -0.0800. The number of rotatable bonds is 3. The summed E-state index contributed by atoms with van der Waals surface area (Å²) in [6, 6.07) is 1.65. The van der Waals surface area contributed by atoms with Crippen LogP contribution in [0, 0.1) is 17.8 Å². The molecule has 0 bridgehead atoms. The van der Waals surface area contributed by atoms with E-state index in [1.165, 1.54) is 32.4 Å². The molecule has 2 aliphatic carbocycles. The third kappa shape index (κ3) is 2.15. The molecule has 0 amide bonds. The molecule has 98 valence electrons. The first kappa shape index (κ1) is 12.0. The first-order valence-electron chi connectivity index (χ1n) is 7.52. The standard InChI is InChI=1S/C15H28N2/c1-10(2)14-8-16-15(4,12-5-6-12)9-17(14)13-7-11(13)3/h10-14,16H,5-9H2,1-4H3. The van der Waals surface area contributed by atoms with E-state index in [-0.39, 0.29) is 0 Å². The van der Waals surface area contributed by atoms with Crippen LogP contribution < -0.4 is 5.32 Å². The Balaban J connectivity index is 1.73. The third-order valence-electron chi connectivity index (χ3n) is 5.39. The quantitative estimate of drug-likeness (QED) is 0.810. The predicted molar refractivity (Wildman–Crippen MR) is 72.0 cm³/mol. The van der Waals surface area contributed by atoms with E-state index in [0.29, 0.717) is 5.54 Å². The van der Waals surface area contributed by atoms with E-state index in [4.69, 9.17) is 0 Å². The molecule has 4 unspecified atom stereocenters. The second-order valence-electron chi connectivity index (χ2n) is 7.34. The number of piperazine rings is 1. The molecule has 0 spiro atoms. The molecule has 1 heterocycles. The van der Waals surface area contributed by atoms with Gasteiger partial charge in [0.1, 0.15) is 0 Å². The Labute approximate surface area is 106 Å². The van der Waals surface area contributed by atoms with E-state index < -0.39 is 0 Å². The average molecular weight is 236 g/mol. The summed E-state index contributed by atoms with van der Waals surface area (Å²) in [5.74, 6) is 2.67. The SMILES string of the molecule is CC(C)C1CNC(C)(C2CC2)CN1C1CC1C. The van der Waals surface area contributed by atoms with Gasteiger partial charge in [-0.2, -0.15) is 0 Å². The van der Waals surface area contributed by atoms with Crippen LogP contribution in [0.3, 0.4) is 0 Å². The maximum absolute atomic E-state index is 3.87. The Bertz CT molecular complexity index is 297. The molecule has 2 nitrogen and oxygen atoms in total. The summed E-state index contributed by atoms with van der Waals surface area (Å²) in [5.41, 5.74) is 0.410. The van der Waals surface area contributed by atoms with Gasteiger partial charge < -0.3 is 5.32 Å². The fourth-order valence-corrected chi connectivity index (χ4v) is 3.75. The Kier molecular flexibility index (Phi) is 2.79. The van der Waals surface area contributed by atoms with Gasteiger partial charge in [-0.3, -0.25) is 4.90 Å². The summed E-state index contributed by atoms with van der Waals surface area (Å²) < 4.78 is 0. The smallest absolute Gasteiger partial charge is 0.0309 e. The lowest BCUT2D eigenvalue weighted by molar-refractivity contribution is 0.0425. The lowest BCUT2D eigenvalue weighted by Gasteiger charge is -2.48. The van der Waals surface area contributed by atoms with Crippen LogP contribution >= 0.6 is 0 Å². The zero-order valence-electron chi connectivity index (χ0n) is 11.9. The van der Waals surface area contributed by atoms with Gasteiger partial charge in [0.25, 0.3) is 0 Å². The molecule has 0 aromatic heterocycles. The molecule has 0 aromatic rings. The van der Waals surface area contributed by atoms with Crippen molar-refractivity contribution in [2.45, 2.75) is 64.6 Å². The summed E-state index contributed by atoms with van der Waals surface area (Å²) in [4.78, 5) is 2.85. The summed E-state index contributed by atoms with van der Waals surface area (Å²) in [6.45, 7) is 12.1. The fourth-order valence-electron chi connectivity index (χ4n) is 3.75. The fraction of sp³-hybridized carbons (Fsp3) is 1.00. The normalized spacial score (nSPS) is 47.5. The van der Waals surface area contributed by atoms with Gasteiger partial charge >= 0.3 is 0 Å². The van der Waals surface area contributed by atoms with Crippen molar-refractivity contribution in [2.24, 2.45) is 17.8 Å². The lowest BCUT2D eigenvalue weighted by Crippen LogP contribution is -2.65. The largest absolute Gasteiger partial charge is 0.308 e. The Morgan fingerprint density at radius 2 is 1.94 bits per heavy atom. The molecule has 2 heteroatoms. The van der Waals surface area contributed by atoms with Crippen molar-refractivity contribution in [3.63, 3.8) is 0 Å². The van der Waals surface area contributed by atoms with E-state index in [1.54, 1.807) is 0 Å². The summed E-state index contributed by atoms with van der Waals surface area (Å²) in [5, 5.41) is 3.87. The summed E-state index contributed by atoms with van der Waals surface area (Å²) in [6.07, 6.45) is 4.33. The number of nitrogens with one attached hydrogen (secondary N) is 1. The zero-order chi connectivity index (χ0) is 12.2. The third-order valence-corrected chi connectivity index (χ3v) is 5.39. The Morgan fingerprint density at radius 1 is 1.29 bits per heavy atom. The van der Waals surface area contributed by atoms with Gasteiger partial charge in [-0.05, 0) is 43.9 Å².